The van der Waals surface area contributed by atoms with Crippen molar-refractivity contribution < 1.29 is 4.39 Å². The molecule has 2 nitrogen and oxygen atoms in total. The van der Waals surface area contributed by atoms with E-state index in [9.17, 15) is 4.39 Å². The summed E-state index contributed by atoms with van der Waals surface area (Å²) in [5, 5.41) is 3.19. The van der Waals surface area contributed by atoms with Gasteiger partial charge in [0.2, 0.25) is 0 Å². The second-order valence-electron chi connectivity index (χ2n) is 3.36. The average Bonchev–Trinajstić information content (AvgIpc) is 2.28. The summed E-state index contributed by atoms with van der Waals surface area (Å²) < 4.78 is 14.0. The zero-order valence-electron chi connectivity index (χ0n) is 8.84. The second kappa shape index (κ2) is 6.64. The van der Waals surface area contributed by atoms with Crippen LogP contribution in [0.1, 0.15) is 18.0 Å². The average molecular weight is 285 g/mol. The van der Waals surface area contributed by atoms with E-state index in [0.717, 1.165) is 10.0 Å². The molecule has 1 rings (SSSR count). The lowest BCUT2D eigenvalue weighted by Gasteiger charge is -2.18. The fourth-order valence-electron chi connectivity index (χ4n) is 1.42. The Bertz CT molecular complexity index is 387. The summed E-state index contributed by atoms with van der Waals surface area (Å²) in [5.41, 5.74) is 6.47. The Hall–Kier alpha value is -0.890. The quantitative estimate of drug-likeness (QED) is 0.643. The first-order valence-electron chi connectivity index (χ1n) is 5.01. The van der Waals surface area contributed by atoms with Crippen LogP contribution in [-0.2, 0) is 0 Å². The van der Waals surface area contributed by atoms with Crippen LogP contribution in [0.2, 0.25) is 0 Å². The molecule has 1 aromatic carbocycles. The van der Waals surface area contributed by atoms with Gasteiger partial charge in [-0.1, -0.05) is 15.9 Å². The third-order valence-electron chi connectivity index (χ3n) is 2.23. The van der Waals surface area contributed by atoms with Crippen LogP contribution >= 0.6 is 15.9 Å². The molecule has 1 unspecified atom stereocenters. The predicted molar refractivity (Wildman–Crippen MR) is 67.3 cm³/mol. The van der Waals surface area contributed by atoms with E-state index in [4.69, 9.17) is 12.2 Å². The summed E-state index contributed by atoms with van der Waals surface area (Å²) >= 11 is 3.38. The molecule has 0 amide bonds. The molecule has 0 bridgehead atoms. The standard InChI is InChI=1S/C12H14BrFN2/c1-2-3-6-16-12(8-15)10-7-9(14)4-5-11(10)13/h1,4-5,7,12,16H,3,6,8,15H2. The van der Waals surface area contributed by atoms with Crippen molar-refractivity contribution in [3.63, 3.8) is 0 Å². The molecular weight excluding hydrogens is 271 g/mol. The molecule has 4 heteroatoms. The molecule has 0 saturated carbocycles. The Morgan fingerprint density at radius 3 is 2.94 bits per heavy atom. The van der Waals surface area contributed by atoms with E-state index in [0.29, 0.717) is 19.5 Å². The minimum absolute atomic E-state index is 0.0848. The summed E-state index contributed by atoms with van der Waals surface area (Å²) in [5.74, 6) is 2.27. The van der Waals surface area contributed by atoms with E-state index in [1.54, 1.807) is 6.07 Å². The highest BCUT2D eigenvalue weighted by molar-refractivity contribution is 9.10. The normalized spacial score (nSPS) is 12.1. The number of nitrogens with one attached hydrogen (secondary N) is 1. The summed E-state index contributed by atoms with van der Waals surface area (Å²) in [4.78, 5) is 0. The number of benzene rings is 1. The van der Waals surface area contributed by atoms with E-state index >= 15 is 0 Å². The SMILES string of the molecule is C#CCCNC(CN)c1cc(F)ccc1Br. The molecule has 0 fully saturated rings. The van der Waals surface area contributed by atoms with Crippen LogP contribution in [-0.4, -0.2) is 13.1 Å². The fraction of sp³-hybridized carbons (Fsp3) is 0.333. The van der Waals surface area contributed by atoms with Gasteiger partial charge in [-0.2, -0.15) is 0 Å². The number of hydrogen-bond donors (Lipinski definition) is 2. The Morgan fingerprint density at radius 1 is 1.56 bits per heavy atom. The first kappa shape index (κ1) is 13.2. The summed E-state index contributed by atoms with van der Waals surface area (Å²) in [6, 6.07) is 4.47. The molecule has 0 aliphatic carbocycles. The van der Waals surface area contributed by atoms with Gasteiger partial charge >= 0.3 is 0 Å². The van der Waals surface area contributed by atoms with Gasteiger partial charge in [-0.25, -0.2) is 4.39 Å². The topological polar surface area (TPSA) is 38.0 Å². The van der Waals surface area contributed by atoms with Crippen molar-refractivity contribution in [1.29, 1.82) is 0 Å². The number of halogens is 2. The highest BCUT2D eigenvalue weighted by Gasteiger charge is 2.12. The summed E-state index contributed by atoms with van der Waals surface area (Å²) in [6.45, 7) is 1.06. The van der Waals surface area contributed by atoms with E-state index in [1.807, 2.05) is 0 Å². The van der Waals surface area contributed by atoms with Crippen molar-refractivity contribution in [1.82, 2.24) is 5.32 Å². The predicted octanol–water partition coefficient (Wildman–Crippen LogP) is 2.20. The molecule has 0 saturated heterocycles. The lowest BCUT2D eigenvalue weighted by Crippen LogP contribution is -2.29. The Kier molecular flexibility index (Phi) is 5.47. The number of hydrogen-bond acceptors (Lipinski definition) is 2. The Morgan fingerprint density at radius 2 is 2.31 bits per heavy atom. The van der Waals surface area contributed by atoms with Crippen LogP contribution in [0.3, 0.4) is 0 Å². The zero-order chi connectivity index (χ0) is 12.0. The van der Waals surface area contributed by atoms with E-state index < -0.39 is 0 Å². The molecule has 0 heterocycles. The van der Waals surface area contributed by atoms with Gasteiger partial charge in [0.15, 0.2) is 0 Å². The van der Waals surface area contributed by atoms with E-state index in [2.05, 4.69) is 27.2 Å². The van der Waals surface area contributed by atoms with Crippen molar-refractivity contribution in [2.75, 3.05) is 13.1 Å². The third-order valence-corrected chi connectivity index (χ3v) is 2.95. The van der Waals surface area contributed by atoms with Gasteiger partial charge in [0.25, 0.3) is 0 Å². The molecular formula is C12H14BrFN2. The minimum atomic E-state index is -0.268. The highest BCUT2D eigenvalue weighted by atomic mass is 79.9. The molecule has 86 valence electrons. The largest absolute Gasteiger partial charge is 0.329 e. The second-order valence-corrected chi connectivity index (χ2v) is 4.22. The molecule has 0 radical (unpaired) electrons. The Balaban J connectivity index is 2.78. The van der Waals surface area contributed by atoms with Gasteiger partial charge in [-0.15, -0.1) is 12.3 Å². The number of terminal acetylenes is 1. The Labute approximate surface area is 104 Å². The smallest absolute Gasteiger partial charge is 0.123 e. The highest BCUT2D eigenvalue weighted by Crippen LogP contribution is 2.23. The fourth-order valence-corrected chi connectivity index (χ4v) is 1.94. The number of rotatable bonds is 5. The van der Waals surface area contributed by atoms with E-state index in [-0.39, 0.29) is 11.9 Å². The maximum atomic E-state index is 13.1. The van der Waals surface area contributed by atoms with Gasteiger partial charge in [-0.05, 0) is 23.8 Å². The summed E-state index contributed by atoms with van der Waals surface area (Å²) in [7, 11) is 0. The molecule has 0 aliphatic heterocycles. The first-order chi connectivity index (χ1) is 7.69. The van der Waals surface area contributed by atoms with Gasteiger partial charge in [0.1, 0.15) is 5.82 Å². The van der Waals surface area contributed by atoms with Crippen molar-refractivity contribution in [3.8, 4) is 12.3 Å². The molecule has 3 N–H and O–H groups in total. The lowest BCUT2D eigenvalue weighted by atomic mass is 10.1. The lowest BCUT2D eigenvalue weighted by molar-refractivity contribution is 0.542. The van der Waals surface area contributed by atoms with Gasteiger partial charge < -0.3 is 11.1 Å². The maximum absolute atomic E-state index is 13.1. The first-order valence-corrected chi connectivity index (χ1v) is 5.80. The van der Waals surface area contributed by atoms with Gasteiger partial charge in [0, 0.05) is 30.0 Å². The minimum Gasteiger partial charge on any atom is -0.329 e. The van der Waals surface area contributed by atoms with Crippen LogP contribution in [0, 0.1) is 18.2 Å². The van der Waals surface area contributed by atoms with Gasteiger partial charge in [-0.3, -0.25) is 0 Å². The van der Waals surface area contributed by atoms with Crippen LogP contribution in [0.25, 0.3) is 0 Å². The monoisotopic (exact) mass is 284 g/mol. The molecule has 16 heavy (non-hydrogen) atoms. The molecule has 1 atom stereocenters. The third kappa shape index (κ3) is 3.60. The van der Waals surface area contributed by atoms with Crippen LogP contribution < -0.4 is 11.1 Å². The molecule has 0 aliphatic rings. The molecule has 0 aromatic heterocycles. The van der Waals surface area contributed by atoms with Crippen LogP contribution in [0.4, 0.5) is 4.39 Å². The van der Waals surface area contributed by atoms with Gasteiger partial charge in [0.05, 0.1) is 0 Å². The van der Waals surface area contributed by atoms with E-state index in [1.165, 1.54) is 12.1 Å². The zero-order valence-corrected chi connectivity index (χ0v) is 10.4. The number of nitrogens with two attached hydrogens (primary N) is 1. The maximum Gasteiger partial charge on any atom is 0.123 e. The van der Waals surface area contributed by atoms with Crippen LogP contribution in [0.5, 0.6) is 0 Å². The van der Waals surface area contributed by atoms with Crippen molar-refractivity contribution >= 4 is 15.9 Å². The van der Waals surface area contributed by atoms with Crippen molar-refractivity contribution in [3.05, 3.63) is 34.1 Å². The summed E-state index contributed by atoms with van der Waals surface area (Å²) in [6.07, 6.45) is 5.79. The van der Waals surface area contributed by atoms with Crippen LogP contribution in [0.15, 0.2) is 22.7 Å². The molecule has 0 spiro atoms. The van der Waals surface area contributed by atoms with Crippen molar-refractivity contribution in [2.45, 2.75) is 12.5 Å². The van der Waals surface area contributed by atoms with Crippen molar-refractivity contribution in [2.24, 2.45) is 5.73 Å². The molecule has 1 aromatic rings.